The van der Waals surface area contributed by atoms with Crippen LogP contribution in [0.5, 0.6) is 0 Å². The number of H-pyrrole nitrogens is 1. The van der Waals surface area contributed by atoms with E-state index in [1.54, 1.807) is 0 Å². The van der Waals surface area contributed by atoms with Crippen LogP contribution >= 0.6 is 0 Å². The molecular weight excluding hydrogens is 374 g/mol. The third-order valence-electron chi connectivity index (χ3n) is 7.65. The molecule has 30 heavy (non-hydrogen) atoms. The quantitative estimate of drug-likeness (QED) is 0.852. The molecular formula is C24H31N5O. The Balaban J connectivity index is 1.33. The van der Waals surface area contributed by atoms with Crippen LogP contribution in [0.25, 0.3) is 10.9 Å². The number of aromatic amines is 1. The lowest BCUT2D eigenvalue weighted by Gasteiger charge is -2.46. The van der Waals surface area contributed by atoms with Gasteiger partial charge in [0.05, 0.1) is 6.07 Å². The zero-order valence-electron chi connectivity index (χ0n) is 18.0. The van der Waals surface area contributed by atoms with E-state index in [0.717, 1.165) is 45.6 Å². The first-order chi connectivity index (χ1) is 14.5. The third kappa shape index (κ3) is 3.30. The Kier molecular flexibility index (Phi) is 5.04. The Bertz CT molecular complexity index is 983. The van der Waals surface area contributed by atoms with Gasteiger partial charge in [0.1, 0.15) is 5.92 Å². The number of likely N-dealkylation sites (N-methyl/N-ethyl adjacent to an activating group) is 2. The highest BCUT2D eigenvalue weighted by atomic mass is 16.2. The number of nitrogens with zero attached hydrogens (tertiary/aromatic N) is 4. The number of aromatic nitrogens is 1. The van der Waals surface area contributed by atoms with Crippen molar-refractivity contribution in [2.75, 3.05) is 46.8 Å². The van der Waals surface area contributed by atoms with Gasteiger partial charge in [-0.15, -0.1) is 0 Å². The largest absolute Gasteiger partial charge is 0.361 e. The minimum Gasteiger partial charge on any atom is -0.361 e. The fourth-order valence-corrected chi connectivity index (χ4v) is 6.01. The van der Waals surface area contributed by atoms with Crippen molar-refractivity contribution in [3.05, 3.63) is 35.5 Å². The number of piperazine rings is 1. The monoisotopic (exact) mass is 405 g/mol. The highest BCUT2D eigenvalue weighted by Gasteiger charge is 2.40. The molecule has 3 heterocycles. The summed E-state index contributed by atoms with van der Waals surface area (Å²) in [6.45, 7) is 4.22. The van der Waals surface area contributed by atoms with Gasteiger partial charge in [0.2, 0.25) is 5.91 Å². The van der Waals surface area contributed by atoms with E-state index >= 15 is 0 Å². The second-order valence-electron chi connectivity index (χ2n) is 9.55. The van der Waals surface area contributed by atoms with E-state index < -0.39 is 5.92 Å². The molecule has 2 fully saturated rings. The average molecular weight is 406 g/mol. The average Bonchev–Trinajstić information content (AvgIpc) is 3.17. The number of benzene rings is 1. The first-order valence-corrected chi connectivity index (χ1v) is 11.2. The summed E-state index contributed by atoms with van der Waals surface area (Å²) in [5, 5.41) is 11.2. The smallest absolute Gasteiger partial charge is 0.240 e. The van der Waals surface area contributed by atoms with E-state index in [9.17, 15) is 10.1 Å². The van der Waals surface area contributed by atoms with E-state index in [1.165, 1.54) is 22.0 Å². The second-order valence-corrected chi connectivity index (χ2v) is 9.55. The first kappa shape index (κ1) is 19.6. The molecule has 3 aliphatic rings. The van der Waals surface area contributed by atoms with Crippen molar-refractivity contribution in [3.8, 4) is 6.07 Å². The van der Waals surface area contributed by atoms with Gasteiger partial charge >= 0.3 is 0 Å². The maximum atomic E-state index is 13.0. The van der Waals surface area contributed by atoms with Crippen LogP contribution < -0.4 is 0 Å². The van der Waals surface area contributed by atoms with Crippen molar-refractivity contribution < 1.29 is 4.79 Å². The summed E-state index contributed by atoms with van der Waals surface area (Å²) in [4.78, 5) is 23.1. The van der Waals surface area contributed by atoms with Crippen molar-refractivity contribution in [2.24, 2.45) is 11.8 Å². The van der Waals surface area contributed by atoms with Crippen molar-refractivity contribution in [2.45, 2.75) is 31.2 Å². The Morgan fingerprint density at radius 1 is 1.27 bits per heavy atom. The van der Waals surface area contributed by atoms with Crippen LogP contribution in [0, 0.1) is 23.2 Å². The minimum absolute atomic E-state index is 0.0362. The Morgan fingerprint density at radius 2 is 2.07 bits per heavy atom. The number of rotatable bonds is 3. The van der Waals surface area contributed by atoms with Crippen LogP contribution in [0.1, 0.15) is 29.9 Å². The molecule has 6 nitrogen and oxygen atoms in total. The van der Waals surface area contributed by atoms with E-state index in [2.05, 4.69) is 59.3 Å². The SMILES string of the molecule is CN1CCN(C(=O)C(C#N)C[C@@H]2CC3c4cccc5[nH]cc(c45)C[C@H]3N(C)C2)CC1. The van der Waals surface area contributed by atoms with E-state index in [1.807, 2.05) is 4.90 Å². The van der Waals surface area contributed by atoms with Crippen molar-refractivity contribution in [1.29, 1.82) is 5.26 Å². The van der Waals surface area contributed by atoms with Gasteiger partial charge in [0.15, 0.2) is 0 Å². The Morgan fingerprint density at radius 3 is 2.83 bits per heavy atom. The van der Waals surface area contributed by atoms with Gasteiger partial charge in [-0.05, 0) is 56.5 Å². The lowest BCUT2D eigenvalue weighted by Crippen LogP contribution is -2.50. The summed E-state index contributed by atoms with van der Waals surface area (Å²) in [5.41, 5.74) is 4.09. The molecule has 0 saturated carbocycles. The maximum Gasteiger partial charge on any atom is 0.240 e. The molecule has 0 radical (unpaired) electrons. The summed E-state index contributed by atoms with van der Waals surface area (Å²) in [6.07, 6.45) is 4.98. The highest BCUT2D eigenvalue weighted by molar-refractivity contribution is 5.88. The second kappa shape index (κ2) is 7.72. The number of carbonyl (C=O) groups is 1. The molecule has 158 valence electrons. The van der Waals surface area contributed by atoms with Gasteiger partial charge in [0, 0.05) is 61.8 Å². The number of piperidine rings is 1. The number of hydrogen-bond donors (Lipinski definition) is 1. The van der Waals surface area contributed by atoms with Crippen LogP contribution in [0.2, 0.25) is 0 Å². The molecule has 1 aromatic carbocycles. The number of amides is 1. The van der Waals surface area contributed by atoms with Gasteiger partial charge < -0.3 is 19.7 Å². The lowest BCUT2D eigenvalue weighted by molar-refractivity contribution is -0.136. The molecule has 1 aliphatic carbocycles. The predicted octanol–water partition coefficient (Wildman–Crippen LogP) is 2.43. The zero-order chi connectivity index (χ0) is 20.8. The summed E-state index contributed by atoms with van der Waals surface area (Å²) in [7, 11) is 4.30. The highest BCUT2D eigenvalue weighted by Crippen LogP contribution is 2.45. The molecule has 2 aromatic rings. The van der Waals surface area contributed by atoms with Crippen LogP contribution in [0.3, 0.4) is 0 Å². The predicted molar refractivity (Wildman–Crippen MR) is 117 cm³/mol. The number of nitrogens with one attached hydrogen (secondary N) is 1. The van der Waals surface area contributed by atoms with Crippen LogP contribution in [0.15, 0.2) is 24.4 Å². The molecule has 2 saturated heterocycles. The fourth-order valence-electron chi connectivity index (χ4n) is 6.01. The summed E-state index contributed by atoms with van der Waals surface area (Å²) in [5.74, 6) is 0.353. The van der Waals surface area contributed by atoms with E-state index in [4.69, 9.17) is 0 Å². The lowest BCUT2D eigenvalue weighted by atomic mass is 9.71. The number of carbonyl (C=O) groups excluding carboxylic acids is 1. The van der Waals surface area contributed by atoms with Crippen LogP contribution in [-0.2, 0) is 11.2 Å². The van der Waals surface area contributed by atoms with Gasteiger partial charge in [0.25, 0.3) is 0 Å². The molecule has 1 N–H and O–H groups in total. The number of nitriles is 1. The van der Waals surface area contributed by atoms with E-state index in [-0.39, 0.29) is 5.91 Å². The van der Waals surface area contributed by atoms with Crippen LogP contribution in [0.4, 0.5) is 0 Å². The number of fused-ring (bicyclic) bond motifs is 2. The van der Waals surface area contributed by atoms with Gasteiger partial charge in [-0.2, -0.15) is 5.26 Å². The van der Waals surface area contributed by atoms with E-state index in [0.29, 0.717) is 24.3 Å². The fraction of sp³-hybridized carbons (Fsp3) is 0.583. The van der Waals surface area contributed by atoms with Crippen molar-refractivity contribution in [3.63, 3.8) is 0 Å². The van der Waals surface area contributed by atoms with Crippen molar-refractivity contribution in [1.82, 2.24) is 19.7 Å². The molecule has 1 amide bonds. The minimum atomic E-state index is -0.523. The summed E-state index contributed by atoms with van der Waals surface area (Å²) < 4.78 is 0. The van der Waals surface area contributed by atoms with Gasteiger partial charge in [-0.3, -0.25) is 4.79 Å². The third-order valence-corrected chi connectivity index (χ3v) is 7.65. The summed E-state index contributed by atoms with van der Waals surface area (Å²) in [6, 6.07) is 9.44. The molecule has 0 spiro atoms. The summed E-state index contributed by atoms with van der Waals surface area (Å²) >= 11 is 0. The maximum absolute atomic E-state index is 13.0. The molecule has 1 aromatic heterocycles. The Labute approximate surface area is 178 Å². The standard InChI is InChI=1S/C24H31N5O/c1-27-6-8-29(9-7-27)24(30)17(13-25)10-16-11-20-19-4-3-5-21-23(19)18(14-26-21)12-22(20)28(2)15-16/h3-5,14,16-17,20,22,26H,6-12,15H2,1-2H3/t16-,17?,20?,22-/m1/s1. The number of hydrogen-bond acceptors (Lipinski definition) is 4. The van der Waals surface area contributed by atoms with Gasteiger partial charge in [-0.1, -0.05) is 12.1 Å². The Hall–Kier alpha value is -2.36. The normalized spacial score (nSPS) is 28.2. The molecule has 0 bridgehead atoms. The van der Waals surface area contributed by atoms with Gasteiger partial charge in [-0.25, -0.2) is 0 Å². The number of likely N-dealkylation sites (tertiary alicyclic amines) is 1. The van der Waals surface area contributed by atoms with Crippen molar-refractivity contribution >= 4 is 16.8 Å². The molecule has 5 rings (SSSR count). The first-order valence-electron chi connectivity index (χ1n) is 11.2. The molecule has 2 aliphatic heterocycles. The van der Waals surface area contributed by atoms with Crippen LogP contribution in [-0.4, -0.2) is 78.5 Å². The molecule has 4 atom stereocenters. The molecule has 6 heteroatoms. The molecule has 2 unspecified atom stereocenters. The zero-order valence-corrected chi connectivity index (χ0v) is 18.0. The topological polar surface area (TPSA) is 66.4 Å².